The zero-order chi connectivity index (χ0) is 12.5. The largest absolute Gasteiger partial charge is 0.481 e. The molecule has 2 aromatic rings. The average molecular weight is 230 g/mol. The number of methoxy groups -OCH3 is 1. The fourth-order valence-corrected chi connectivity index (χ4v) is 1.89. The number of aromatic nitrogens is 2. The standard InChI is InChI=1S/C14H18N2O/c1-14(2,3)9-10-7-8-15-11-5-6-12(17-4)16-13(10)11/h5-8H,9H2,1-4H3. The first-order chi connectivity index (χ1) is 7.99. The number of hydrogen-bond acceptors (Lipinski definition) is 3. The number of pyridine rings is 2. The van der Waals surface area contributed by atoms with Gasteiger partial charge in [0.25, 0.3) is 0 Å². The Balaban J connectivity index is 2.54. The number of rotatable bonds is 2. The molecule has 0 aliphatic rings. The molecular formula is C14H18N2O. The minimum Gasteiger partial charge on any atom is -0.481 e. The van der Waals surface area contributed by atoms with E-state index in [1.165, 1.54) is 5.56 Å². The van der Waals surface area contributed by atoms with E-state index in [9.17, 15) is 0 Å². The second-order valence-corrected chi connectivity index (χ2v) is 5.43. The first kappa shape index (κ1) is 11.8. The maximum Gasteiger partial charge on any atom is 0.213 e. The van der Waals surface area contributed by atoms with E-state index in [4.69, 9.17) is 4.74 Å². The molecule has 0 saturated carbocycles. The maximum atomic E-state index is 5.17. The summed E-state index contributed by atoms with van der Waals surface area (Å²) in [5, 5.41) is 0. The summed E-state index contributed by atoms with van der Waals surface area (Å²) in [6.07, 6.45) is 2.82. The molecule has 0 saturated heterocycles. The Bertz CT molecular complexity index is 529. The van der Waals surface area contributed by atoms with Crippen molar-refractivity contribution in [3.05, 3.63) is 30.0 Å². The molecular weight excluding hydrogens is 212 g/mol. The van der Waals surface area contributed by atoms with Crippen molar-refractivity contribution in [1.82, 2.24) is 9.97 Å². The molecule has 17 heavy (non-hydrogen) atoms. The SMILES string of the molecule is COc1ccc2nccc(CC(C)(C)C)c2n1. The minimum absolute atomic E-state index is 0.235. The van der Waals surface area contributed by atoms with E-state index in [0.717, 1.165) is 17.5 Å². The average Bonchev–Trinajstić information content (AvgIpc) is 2.27. The van der Waals surface area contributed by atoms with Gasteiger partial charge in [0.2, 0.25) is 5.88 Å². The van der Waals surface area contributed by atoms with Crippen molar-refractivity contribution < 1.29 is 4.74 Å². The number of ether oxygens (including phenoxy) is 1. The molecule has 90 valence electrons. The van der Waals surface area contributed by atoms with Crippen molar-refractivity contribution >= 4 is 11.0 Å². The van der Waals surface area contributed by atoms with E-state index < -0.39 is 0 Å². The van der Waals surface area contributed by atoms with Crippen molar-refractivity contribution in [3.63, 3.8) is 0 Å². The van der Waals surface area contributed by atoms with E-state index in [-0.39, 0.29) is 5.41 Å². The number of nitrogens with zero attached hydrogens (tertiary/aromatic N) is 2. The summed E-state index contributed by atoms with van der Waals surface area (Å²) in [4.78, 5) is 8.82. The van der Waals surface area contributed by atoms with Crippen molar-refractivity contribution in [2.75, 3.05) is 7.11 Å². The first-order valence-corrected chi connectivity index (χ1v) is 5.78. The molecule has 0 aliphatic heterocycles. The van der Waals surface area contributed by atoms with Gasteiger partial charge in [-0.3, -0.25) is 4.98 Å². The Kier molecular flexibility index (Phi) is 3.01. The summed E-state index contributed by atoms with van der Waals surface area (Å²) in [6.45, 7) is 6.66. The summed E-state index contributed by atoms with van der Waals surface area (Å²) in [7, 11) is 1.63. The van der Waals surface area contributed by atoms with Crippen LogP contribution in [0.3, 0.4) is 0 Å². The first-order valence-electron chi connectivity index (χ1n) is 5.78. The fourth-order valence-electron chi connectivity index (χ4n) is 1.89. The van der Waals surface area contributed by atoms with E-state index in [2.05, 4.69) is 30.7 Å². The van der Waals surface area contributed by atoms with Gasteiger partial charge in [0.15, 0.2) is 0 Å². The monoisotopic (exact) mass is 230 g/mol. The van der Waals surface area contributed by atoms with Crippen molar-refractivity contribution in [2.24, 2.45) is 5.41 Å². The lowest BCUT2D eigenvalue weighted by Gasteiger charge is -2.18. The molecule has 0 unspecified atom stereocenters. The van der Waals surface area contributed by atoms with Crippen molar-refractivity contribution in [3.8, 4) is 5.88 Å². The van der Waals surface area contributed by atoms with Crippen LogP contribution in [0.4, 0.5) is 0 Å². The van der Waals surface area contributed by atoms with Gasteiger partial charge in [0.05, 0.1) is 18.1 Å². The molecule has 3 nitrogen and oxygen atoms in total. The van der Waals surface area contributed by atoms with E-state index >= 15 is 0 Å². The molecule has 0 aromatic carbocycles. The molecule has 2 aromatic heterocycles. The van der Waals surface area contributed by atoms with Crippen molar-refractivity contribution in [2.45, 2.75) is 27.2 Å². The summed E-state index contributed by atoms with van der Waals surface area (Å²) in [6, 6.07) is 5.84. The Hall–Kier alpha value is -1.64. The predicted octanol–water partition coefficient (Wildman–Crippen LogP) is 3.23. The zero-order valence-electron chi connectivity index (χ0n) is 10.8. The highest BCUT2D eigenvalue weighted by Crippen LogP contribution is 2.25. The molecule has 3 heteroatoms. The molecule has 0 aliphatic carbocycles. The van der Waals surface area contributed by atoms with Crippen LogP contribution in [0.5, 0.6) is 5.88 Å². The number of hydrogen-bond donors (Lipinski definition) is 0. The lowest BCUT2D eigenvalue weighted by atomic mass is 9.88. The zero-order valence-corrected chi connectivity index (χ0v) is 10.8. The molecule has 0 fully saturated rings. The Labute approximate surface area is 102 Å². The van der Waals surface area contributed by atoms with Gasteiger partial charge in [0, 0.05) is 12.3 Å². The third-order valence-corrected chi connectivity index (χ3v) is 2.57. The Morgan fingerprint density at radius 2 is 1.94 bits per heavy atom. The molecule has 0 amide bonds. The van der Waals surface area contributed by atoms with Crippen LogP contribution in [0.15, 0.2) is 24.4 Å². The highest BCUT2D eigenvalue weighted by molar-refractivity contribution is 5.78. The second kappa shape index (κ2) is 4.32. The van der Waals surface area contributed by atoms with E-state index in [0.29, 0.717) is 5.88 Å². The van der Waals surface area contributed by atoms with Crippen LogP contribution in [-0.4, -0.2) is 17.1 Å². The fraction of sp³-hybridized carbons (Fsp3) is 0.429. The predicted molar refractivity (Wildman–Crippen MR) is 69.2 cm³/mol. The molecule has 2 heterocycles. The maximum absolute atomic E-state index is 5.17. The van der Waals surface area contributed by atoms with Crippen LogP contribution < -0.4 is 4.74 Å². The third kappa shape index (κ3) is 2.73. The van der Waals surface area contributed by atoms with Gasteiger partial charge in [-0.25, -0.2) is 4.98 Å². The smallest absolute Gasteiger partial charge is 0.213 e. The van der Waals surface area contributed by atoms with Gasteiger partial charge in [-0.1, -0.05) is 20.8 Å². The van der Waals surface area contributed by atoms with Gasteiger partial charge in [-0.2, -0.15) is 0 Å². The van der Waals surface area contributed by atoms with E-state index in [1.54, 1.807) is 7.11 Å². The van der Waals surface area contributed by atoms with Crippen molar-refractivity contribution in [1.29, 1.82) is 0 Å². The van der Waals surface area contributed by atoms with Crippen LogP contribution in [-0.2, 0) is 6.42 Å². The lowest BCUT2D eigenvalue weighted by molar-refractivity contribution is 0.398. The Morgan fingerprint density at radius 1 is 1.18 bits per heavy atom. The van der Waals surface area contributed by atoms with Gasteiger partial charge >= 0.3 is 0 Å². The normalized spacial score (nSPS) is 11.8. The van der Waals surface area contributed by atoms with Crippen LogP contribution in [0.2, 0.25) is 0 Å². The van der Waals surface area contributed by atoms with Crippen LogP contribution in [0, 0.1) is 5.41 Å². The molecule has 0 bridgehead atoms. The van der Waals surface area contributed by atoms with Gasteiger partial charge in [0.1, 0.15) is 0 Å². The lowest BCUT2D eigenvalue weighted by Crippen LogP contribution is -2.10. The van der Waals surface area contributed by atoms with Gasteiger partial charge in [-0.15, -0.1) is 0 Å². The number of fused-ring (bicyclic) bond motifs is 1. The molecule has 0 atom stereocenters. The van der Waals surface area contributed by atoms with E-state index in [1.807, 2.05) is 24.4 Å². The summed E-state index contributed by atoms with van der Waals surface area (Å²) >= 11 is 0. The van der Waals surface area contributed by atoms with Crippen LogP contribution in [0.25, 0.3) is 11.0 Å². The molecule has 2 rings (SSSR count). The highest BCUT2D eigenvalue weighted by Gasteiger charge is 2.14. The highest BCUT2D eigenvalue weighted by atomic mass is 16.5. The molecule has 0 radical (unpaired) electrons. The van der Waals surface area contributed by atoms with Crippen LogP contribution in [0.1, 0.15) is 26.3 Å². The topological polar surface area (TPSA) is 35.0 Å². The Morgan fingerprint density at radius 3 is 2.59 bits per heavy atom. The molecule has 0 spiro atoms. The third-order valence-electron chi connectivity index (χ3n) is 2.57. The molecule has 0 N–H and O–H groups in total. The quantitative estimate of drug-likeness (QED) is 0.794. The summed E-state index contributed by atoms with van der Waals surface area (Å²) in [5.41, 5.74) is 3.33. The minimum atomic E-state index is 0.235. The van der Waals surface area contributed by atoms with Gasteiger partial charge < -0.3 is 4.74 Å². The van der Waals surface area contributed by atoms with Crippen LogP contribution >= 0.6 is 0 Å². The van der Waals surface area contributed by atoms with Gasteiger partial charge in [-0.05, 0) is 29.5 Å². The second-order valence-electron chi connectivity index (χ2n) is 5.43. The summed E-state index contributed by atoms with van der Waals surface area (Å²) < 4.78 is 5.17. The summed E-state index contributed by atoms with van der Waals surface area (Å²) in [5.74, 6) is 0.639.